The van der Waals surface area contributed by atoms with Crippen LogP contribution in [0.15, 0.2) is 29.1 Å². The molecule has 7 heteroatoms. The summed E-state index contributed by atoms with van der Waals surface area (Å²) in [4.78, 5) is 13.4. The Bertz CT molecular complexity index is 498. The van der Waals surface area contributed by atoms with Gasteiger partial charge in [-0.05, 0) is 6.07 Å². The average Bonchev–Trinajstić information content (AvgIpc) is 2.71. The molecule has 0 saturated carbocycles. The second kappa shape index (κ2) is 3.45. The SMILES string of the molecule is O=[N+]([O-])c1ccc(F)c(-c2ncon2)c1. The highest BCUT2D eigenvalue weighted by molar-refractivity contribution is 5.59. The summed E-state index contributed by atoms with van der Waals surface area (Å²) in [7, 11) is 0. The Hall–Kier alpha value is -2.31. The first-order valence-corrected chi connectivity index (χ1v) is 3.89. The first-order valence-electron chi connectivity index (χ1n) is 3.89. The van der Waals surface area contributed by atoms with Crippen molar-refractivity contribution < 1.29 is 13.8 Å². The van der Waals surface area contributed by atoms with Crippen LogP contribution >= 0.6 is 0 Å². The Balaban J connectivity index is 2.55. The van der Waals surface area contributed by atoms with Crippen molar-refractivity contribution in [2.45, 2.75) is 0 Å². The summed E-state index contributed by atoms with van der Waals surface area (Å²) in [5.74, 6) is -0.654. The molecule has 0 spiro atoms. The number of nitrogens with zero attached hydrogens (tertiary/aromatic N) is 3. The van der Waals surface area contributed by atoms with E-state index in [4.69, 9.17) is 0 Å². The highest BCUT2D eigenvalue weighted by Gasteiger charge is 2.14. The molecular weight excluding hydrogens is 205 g/mol. The lowest BCUT2D eigenvalue weighted by Crippen LogP contribution is -1.92. The van der Waals surface area contributed by atoms with Crippen molar-refractivity contribution in [1.82, 2.24) is 10.1 Å². The summed E-state index contributed by atoms with van der Waals surface area (Å²) in [6.07, 6.45) is 1.02. The number of hydrogen-bond acceptors (Lipinski definition) is 5. The van der Waals surface area contributed by atoms with Gasteiger partial charge in [-0.2, -0.15) is 4.98 Å². The van der Waals surface area contributed by atoms with E-state index in [2.05, 4.69) is 14.7 Å². The Morgan fingerprint density at radius 2 is 2.27 bits per heavy atom. The Labute approximate surface area is 82.5 Å². The van der Waals surface area contributed by atoms with Crippen LogP contribution in [-0.2, 0) is 0 Å². The molecule has 2 aromatic rings. The topological polar surface area (TPSA) is 82.1 Å². The van der Waals surface area contributed by atoms with Crippen molar-refractivity contribution >= 4 is 5.69 Å². The van der Waals surface area contributed by atoms with Crippen LogP contribution in [0.3, 0.4) is 0 Å². The van der Waals surface area contributed by atoms with Crippen molar-refractivity contribution in [3.05, 3.63) is 40.5 Å². The van der Waals surface area contributed by atoms with Gasteiger partial charge in [0, 0.05) is 12.1 Å². The van der Waals surface area contributed by atoms with Crippen molar-refractivity contribution in [3.8, 4) is 11.4 Å². The number of non-ortho nitro benzene ring substituents is 1. The quantitative estimate of drug-likeness (QED) is 0.556. The van der Waals surface area contributed by atoms with E-state index in [1.165, 1.54) is 0 Å². The molecular formula is C8H4FN3O3. The molecule has 2 rings (SSSR count). The monoisotopic (exact) mass is 209 g/mol. The summed E-state index contributed by atoms with van der Waals surface area (Å²) < 4.78 is 17.7. The number of benzene rings is 1. The fourth-order valence-electron chi connectivity index (χ4n) is 1.09. The van der Waals surface area contributed by atoms with Crippen LogP contribution in [0.2, 0.25) is 0 Å². The van der Waals surface area contributed by atoms with Gasteiger partial charge in [0.25, 0.3) is 5.69 Å². The molecule has 6 nitrogen and oxygen atoms in total. The molecule has 0 fully saturated rings. The Morgan fingerprint density at radius 1 is 1.47 bits per heavy atom. The first-order chi connectivity index (χ1) is 7.18. The zero-order valence-corrected chi connectivity index (χ0v) is 7.25. The fraction of sp³-hybridized carbons (Fsp3) is 0. The maximum Gasteiger partial charge on any atom is 0.270 e. The molecule has 0 aliphatic heterocycles. The fourth-order valence-corrected chi connectivity index (χ4v) is 1.09. The lowest BCUT2D eigenvalue weighted by molar-refractivity contribution is -0.384. The van der Waals surface area contributed by atoms with Gasteiger partial charge in [-0.25, -0.2) is 4.39 Å². The minimum atomic E-state index is -0.637. The summed E-state index contributed by atoms with van der Waals surface area (Å²) in [6, 6.07) is 3.11. The maximum atomic E-state index is 13.3. The van der Waals surface area contributed by atoms with Crippen molar-refractivity contribution in [2.75, 3.05) is 0 Å². The zero-order valence-electron chi connectivity index (χ0n) is 7.25. The van der Waals surface area contributed by atoms with Crippen LogP contribution in [0.1, 0.15) is 0 Å². The number of nitro benzene ring substituents is 1. The molecule has 0 N–H and O–H groups in total. The van der Waals surface area contributed by atoms with E-state index in [9.17, 15) is 14.5 Å². The Morgan fingerprint density at radius 3 is 2.87 bits per heavy atom. The summed E-state index contributed by atoms with van der Waals surface area (Å²) in [6.45, 7) is 0. The minimum Gasteiger partial charge on any atom is -0.342 e. The molecule has 0 aliphatic rings. The van der Waals surface area contributed by atoms with Crippen LogP contribution < -0.4 is 0 Å². The average molecular weight is 209 g/mol. The molecule has 0 bridgehead atoms. The smallest absolute Gasteiger partial charge is 0.270 e. The van der Waals surface area contributed by atoms with Gasteiger partial charge in [-0.1, -0.05) is 5.16 Å². The molecule has 15 heavy (non-hydrogen) atoms. The lowest BCUT2D eigenvalue weighted by atomic mass is 10.2. The molecule has 0 radical (unpaired) electrons. The highest BCUT2D eigenvalue weighted by Crippen LogP contribution is 2.23. The molecule has 76 valence electrons. The summed E-state index contributed by atoms with van der Waals surface area (Å²) in [5, 5.41) is 13.9. The van der Waals surface area contributed by atoms with E-state index < -0.39 is 10.7 Å². The third-order valence-electron chi connectivity index (χ3n) is 1.76. The second-order valence-corrected chi connectivity index (χ2v) is 2.68. The third kappa shape index (κ3) is 1.66. The van der Waals surface area contributed by atoms with Crippen LogP contribution in [0.5, 0.6) is 0 Å². The van der Waals surface area contributed by atoms with Gasteiger partial charge in [0.1, 0.15) is 5.82 Å². The number of aromatic nitrogens is 2. The number of nitro groups is 1. The van der Waals surface area contributed by atoms with Gasteiger partial charge in [-0.3, -0.25) is 10.1 Å². The van der Waals surface area contributed by atoms with Crippen LogP contribution in [-0.4, -0.2) is 15.1 Å². The van der Waals surface area contributed by atoms with Gasteiger partial charge in [0.15, 0.2) is 0 Å². The minimum absolute atomic E-state index is 0.0174. The van der Waals surface area contributed by atoms with Crippen LogP contribution in [0.25, 0.3) is 11.4 Å². The van der Waals surface area contributed by atoms with Crippen molar-refractivity contribution in [1.29, 1.82) is 0 Å². The predicted octanol–water partition coefficient (Wildman–Crippen LogP) is 1.78. The Kier molecular flexibility index (Phi) is 2.13. The molecule has 0 unspecified atom stereocenters. The van der Waals surface area contributed by atoms with Crippen molar-refractivity contribution in [2.24, 2.45) is 0 Å². The first kappa shape index (κ1) is 9.25. The largest absolute Gasteiger partial charge is 0.342 e. The molecule has 1 heterocycles. The highest BCUT2D eigenvalue weighted by atomic mass is 19.1. The van der Waals surface area contributed by atoms with Gasteiger partial charge >= 0.3 is 0 Å². The van der Waals surface area contributed by atoms with E-state index in [-0.39, 0.29) is 17.1 Å². The van der Waals surface area contributed by atoms with Gasteiger partial charge in [0.2, 0.25) is 12.2 Å². The zero-order chi connectivity index (χ0) is 10.8. The van der Waals surface area contributed by atoms with Gasteiger partial charge < -0.3 is 4.52 Å². The van der Waals surface area contributed by atoms with Crippen LogP contribution in [0.4, 0.5) is 10.1 Å². The summed E-state index contributed by atoms with van der Waals surface area (Å²) in [5.41, 5.74) is -0.283. The maximum absolute atomic E-state index is 13.3. The lowest BCUT2D eigenvalue weighted by Gasteiger charge is -1.96. The summed E-state index contributed by atoms with van der Waals surface area (Å²) >= 11 is 0. The molecule has 0 amide bonds. The number of hydrogen-bond donors (Lipinski definition) is 0. The second-order valence-electron chi connectivity index (χ2n) is 2.68. The predicted molar refractivity (Wildman–Crippen MR) is 46.3 cm³/mol. The number of rotatable bonds is 2. The number of halogens is 1. The van der Waals surface area contributed by atoms with E-state index in [1.807, 2.05) is 0 Å². The van der Waals surface area contributed by atoms with Crippen molar-refractivity contribution in [3.63, 3.8) is 0 Å². The van der Waals surface area contributed by atoms with E-state index in [1.54, 1.807) is 0 Å². The third-order valence-corrected chi connectivity index (χ3v) is 1.76. The van der Waals surface area contributed by atoms with Gasteiger partial charge in [-0.15, -0.1) is 0 Å². The van der Waals surface area contributed by atoms with Crippen LogP contribution in [0, 0.1) is 15.9 Å². The molecule has 0 saturated heterocycles. The molecule has 0 atom stereocenters. The van der Waals surface area contributed by atoms with Gasteiger partial charge in [0.05, 0.1) is 10.5 Å². The van der Waals surface area contributed by atoms with E-state index >= 15 is 0 Å². The molecule has 1 aromatic carbocycles. The van der Waals surface area contributed by atoms with E-state index in [0.29, 0.717) is 0 Å². The molecule has 0 aliphatic carbocycles. The normalized spacial score (nSPS) is 10.2. The van der Waals surface area contributed by atoms with E-state index in [0.717, 1.165) is 24.6 Å². The molecule has 1 aromatic heterocycles. The standard InChI is InChI=1S/C8H4FN3O3/c9-7-2-1-5(12(13)14)3-6(7)8-10-4-15-11-8/h1-4H.